The predicted octanol–water partition coefficient (Wildman–Crippen LogP) is 4.46. The van der Waals surface area contributed by atoms with Gasteiger partial charge in [-0.2, -0.15) is 10.2 Å². The molecule has 0 saturated carbocycles. The number of aromatic nitrogens is 4. The molecule has 1 saturated heterocycles. The fourth-order valence-corrected chi connectivity index (χ4v) is 3.71. The zero-order valence-corrected chi connectivity index (χ0v) is 16.8. The van der Waals surface area contributed by atoms with Gasteiger partial charge in [0.1, 0.15) is 5.69 Å². The van der Waals surface area contributed by atoms with Gasteiger partial charge in [-0.05, 0) is 35.4 Å². The van der Waals surface area contributed by atoms with Crippen molar-refractivity contribution < 1.29 is 8.78 Å². The zero-order chi connectivity index (χ0) is 21.4. The largest absolute Gasteiger partial charge is 0.354 e. The third kappa shape index (κ3) is 3.94. The number of rotatable bonds is 7. The lowest BCUT2D eigenvalue weighted by molar-refractivity contribution is 0.149. The number of nitrogens with zero attached hydrogens (tertiary/aromatic N) is 3. The third-order valence-corrected chi connectivity index (χ3v) is 5.56. The van der Waals surface area contributed by atoms with Crippen molar-refractivity contribution in [2.75, 3.05) is 18.4 Å². The number of aromatic amines is 1. The first-order valence-electron chi connectivity index (χ1n) is 10.1. The molecule has 6 nitrogen and oxygen atoms in total. The standard InChI is InChI=1S/C23H22F2N6/c1-14(28-18-5-2-15(3-6-18)8-22(24)25)23-20-9-16(4-7-21(20)29-30-23)17-10-27-31(13-17)19-11-26-12-19/h2-7,9-10,13,19,22,26,28H,1,8,11-12H2,(H,29,30). The van der Waals surface area contributed by atoms with Gasteiger partial charge in [0.15, 0.2) is 0 Å². The first kappa shape index (κ1) is 19.4. The molecule has 0 aliphatic carbocycles. The van der Waals surface area contributed by atoms with Crippen LogP contribution < -0.4 is 10.6 Å². The molecule has 1 aliphatic rings. The molecule has 31 heavy (non-hydrogen) atoms. The fourth-order valence-electron chi connectivity index (χ4n) is 3.71. The molecule has 2 aromatic heterocycles. The smallest absolute Gasteiger partial charge is 0.242 e. The SMILES string of the molecule is C=C(Nc1ccc(CC(F)F)cc1)c1n[nH]c2ccc(-c3cnn(C4CNC4)c3)cc12. The summed E-state index contributed by atoms with van der Waals surface area (Å²) in [5.74, 6) is 0. The second-order valence-electron chi connectivity index (χ2n) is 7.75. The molecule has 5 rings (SSSR count). The quantitative estimate of drug-likeness (QED) is 0.413. The molecule has 1 aliphatic heterocycles. The lowest BCUT2D eigenvalue weighted by Gasteiger charge is -2.27. The van der Waals surface area contributed by atoms with E-state index in [0.29, 0.717) is 23.0 Å². The van der Waals surface area contributed by atoms with Crippen molar-refractivity contribution in [3.05, 3.63) is 72.7 Å². The summed E-state index contributed by atoms with van der Waals surface area (Å²) in [6.07, 6.45) is 1.35. The van der Waals surface area contributed by atoms with Gasteiger partial charge in [0, 0.05) is 42.3 Å². The molecule has 3 N–H and O–H groups in total. The molecule has 0 spiro atoms. The Kier molecular flexibility index (Phi) is 4.99. The maximum absolute atomic E-state index is 12.5. The Balaban J connectivity index is 1.37. The number of halogens is 2. The monoisotopic (exact) mass is 420 g/mol. The van der Waals surface area contributed by atoms with Crippen LogP contribution in [0.4, 0.5) is 14.5 Å². The summed E-state index contributed by atoms with van der Waals surface area (Å²) in [6, 6.07) is 13.5. The summed E-state index contributed by atoms with van der Waals surface area (Å²) < 4.78 is 27.1. The molecule has 0 atom stereocenters. The highest BCUT2D eigenvalue weighted by Gasteiger charge is 2.20. The second-order valence-corrected chi connectivity index (χ2v) is 7.75. The highest BCUT2D eigenvalue weighted by molar-refractivity contribution is 5.94. The first-order chi connectivity index (χ1) is 15.1. The molecule has 0 amide bonds. The van der Waals surface area contributed by atoms with Crippen LogP contribution in [0.1, 0.15) is 17.3 Å². The van der Waals surface area contributed by atoms with Crippen LogP contribution in [0.2, 0.25) is 0 Å². The lowest BCUT2D eigenvalue weighted by atomic mass is 10.1. The molecule has 3 heterocycles. The van der Waals surface area contributed by atoms with Gasteiger partial charge in [-0.3, -0.25) is 9.78 Å². The topological polar surface area (TPSA) is 70.6 Å². The normalized spacial score (nSPS) is 14.2. The van der Waals surface area contributed by atoms with Crippen LogP contribution in [0.15, 0.2) is 61.4 Å². The Morgan fingerprint density at radius 1 is 1.16 bits per heavy atom. The molecular weight excluding hydrogens is 398 g/mol. The number of anilines is 1. The minimum atomic E-state index is -2.35. The Labute approximate surface area is 178 Å². The summed E-state index contributed by atoms with van der Waals surface area (Å²) >= 11 is 0. The lowest BCUT2D eigenvalue weighted by Crippen LogP contribution is -2.43. The van der Waals surface area contributed by atoms with Gasteiger partial charge in [-0.15, -0.1) is 0 Å². The molecule has 4 aromatic rings. The molecule has 0 bridgehead atoms. The number of hydrogen-bond acceptors (Lipinski definition) is 4. The Morgan fingerprint density at radius 3 is 2.68 bits per heavy atom. The molecule has 158 valence electrons. The highest BCUT2D eigenvalue weighted by atomic mass is 19.3. The van der Waals surface area contributed by atoms with Crippen LogP contribution >= 0.6 is 0 Å². The van der Waals surface area contributed by atoms with Crippen molar-refractivity contribution in [3.8, 4) is 11.1 Å². The van der Waals surface area contributed by atoms with Gasteiger partial charge in [-0.25, -0.2) is 8.78 Å². The summed E-state index contributed by atoms with van der Waals surface area (Å²) in [7, 11) is 0. The molecule has 0 radical (unpaired) electrons. The van der Waals surface area contributed by atoms with E-state index in [4.69, 9.17) is 0 Å². The number of nitrogens with one attached hydrogen (secondary N) is 3. The van der Waals surface area contributed by atoms with Crippen LogP contribution in [-0.4, -0.2) is 39.5 Å². The van der Waals surface area contributed by atoms with Crippen LogP contribution in [0.3, 0.4) is 0 Å². The number of hydrogen-bond donors (Lipinski definition) is 3. The van der Waals surface area contributed by atoms with Crippen molar-refractivity contribution in [1.82, 2.24) is 25.3 Å². The number of H-pyrrole nitrogens is 1. The number of fused-ring (bicyclic) bond motifs is 1. The van der Waals surface area contributed by atoms with E-state index in [0.717, 1.165) is 40.8 Å². The average molecular weight is 420 g/mol. The fraction of sp³-hybridized carbons (Fsp3) is 0.217. The van der Waals surface area contributed by atoms with Crippen LogP contribution in [-0.2, 0) is 6.42 Å². The van der Waals surface area contributed by atoms with Gasteiger partial charge >= 0.3 is 0 Å². The first-order valence-corrected chi connectivity index (χ1v) is 10.1. The second kappa shape index (κ2) is 7.96. The van der Waals surface area contributed by atoms with E-state index in [9.17, 15) is 8.78 Å². The number of benzene rings is 2. The van der Waals surface area contributed by atoms with E-state index in [-0.39, 0.29) is 6.42 Å². The van der Waals surface area contributed by atoms with E-state index >= 15 is 0 Å². The van der Waals surface area contributed by atoms with Crippen LogP contribution in [0.5, 0.6) is 0 Å². The molecule has 0 unspecified atom stereocenters. The van der Waals surface area contributed by atoms with E-state index < -0.39 is 6.43 Å². The van der Waals surface area contributed by atoms with Gasteiger partial charge in [0.05, 0.1) is 23.5 Å². The van der Waals surface area contributed by atoms with Gasteiger partial charge in [0.25, 0.3) is 0 Å². The van der Waals surface area contributed by atoms with Crippen molar-refractivity contribution >= 4 is 22.3 Å². The molecular formula is C23H22F2N6. The number of alkyl halides is 2. The highest BCUT2D eigenvalue weighted by Crippen LogP contribution is 2.29. The van der Waals surface area contributed by atoms with Crippen molar-refractivity contribution in [2.24, 2.45) is 0 Å². The van der Waals surface area contributed by atoms with E-state index in [2.05, 4.69) is 44.8 Å². The van der Waals surface area contributed by atoms with Crippen LogP contribution in [0, 0.1) is 0 Å². The Bertz CT molecular complexity index is 1220. The summed E-state index contributed by atoms with van der Waals surface area (Å²) in [4.78, 5) is 0. The van der Waals surface area contributed by atoms with E-state index in [1.807, 2.05) is 23.0 Å². The summed E-state index contributed by atoms with van der Waals surface area (Å²) in [6.45, 7) is 6.01. The maximum Gasteiger partial charge on any atom is 0.242 e. The summed E-state index contributed by atoms with van der Waals surface area (Å²) in [5.41, 5.74) is 5.71. The third-order valence-electron chi connectivity index (χ3n) is 5.56. The predicted molar refractivity (Wildman–Crippen MR) is 118 cm³/mol. The average Bonchev–Trinajstić information content (AvgIpc) is 3.34. The molecule has 8 heteroatoms. The maximum atomic E-state index is 12.5. The minimum Gasteiger partial charge on any atom is -0.354 e. The minimum absolute atomic E-state index is 0.248. The van der Waals surface area contributed by atoms with Crippen molar-refractivity contribution in [1.29, 1.82) is 0 Å². The Hall–Kier alpha value is -3.52. The summed E-state index contributed by atoms with van der Waals surface area (Å²) in [5, 5.41) is 19.4. The van der Waals surface area contributed by atoms with Crippen LogP contribution in [0.25, 0.3) is 27.7 Å². The van der Waals surface area contributed by atoms with Gasteiger partial charge < -0.3 is 10.6 Å². The van der Waals surface area contributed by atoms with Gasteiger partial charge in [-0.1, -0.05) is 24.8 Å². The van der Waals surface area contributed by atoms with Gasteiger partial charge in [0.2, 0.25) is 6.43 Å². The van der Waals surface area contributed by atoms with E-state index in [1.165, 1.54) is 0 Å². The molecule has 2 aromatic carbocycles. The molecule has 1 fully saturated rings. The van der Waals surface area contributed by atoms with Crippen molar-refractivity contribution in [2.45, 2.75) is 18.9 Å². The van der Waals surface area contributed by atoms with E-state index in [1.54, 1.807) is 24.3 Å². The van der Waals surface area contributed by atoms with Crippen molar-refractivity contribution in [3.63, 3.8) is 0 Å². The zero-order valence-electron chi connectivity index (χ0n) is 16.8. The Morgan fingerprint density at radius 2 is 1.97 bits per heavy atom.